The number of thiazole rings is 1. The zero-order chi connectivity index (χ0) is 12.1. The van der Waals surface area contributed by atoms with E-state index < -0.39 is 18.1 Å². The van der Waals surface area contributed by atoms with Gasteiger partial charge in [-0.25, -0.2) is 9.78 Å². The summed E-state index contributed by atoms with van der Waals surface area (Å²) < 4.78 is 0. The van der Waals surface area contributed by atoms with Crippen molar-refractivity contribution in [2.45, 2.75) is 12.5 Å². The molecule has 0 radical (unpaired) electrons. The van der Waals surface area contributed by atoms with E-state index in [1.54, 1.807) is 5.38 Å². The van der Waals surface area contributed by atoms with Gasteiger partial charge in [0.25, 0.3) is 0 Å². The largest absolute Gasteiger partial charge is 0.480 e. The van der Waals surface area contributed by atoms with E-state index in [0.29, 0.717) is 0 Å². The highest BCUT2D eigenvalue weighted by Gasteiger charge is 2.19. The van der Waals surface area contributed by atoms with Crippen LogP contribution < -0.4 is 10.6 Å². The third-order valence-electron chi connectivity index (χ3n) is 1.91. The average Bonchev–Trinajstić information content (AvgIpc) is 2.70. The van der Waals surface area contributed by atoms with E-state index in [-0.39, 0.29) is 18.8 Å². The Kier molecular flexibility index (Phi) is 4.20. The third kappa shape index (κ3) is 3.17. The molecule has 1 rings (SSSR count). The Labute approximate surface area is 95.1 Å². The molecule has 0 aliphatic rings. The second-order valence-corrected chi connectivity index (χ2v) is 3.73. The van der Waals surface area contributed by atoms with E-state index in [1.165, 1.54) is 16.8 Å². The molecule has 7 nitrogen and oxygen atoms in total. The van der Waals surface area contributed by atoms with Crippen molar-refractivity contribution in [2.75, 3.05) is 11.4 Å². The number of rotatable bonds is 5. The van der Waals surface area contributed by atoms with Gasteiger partial charge < -0.3 is 15.9 Å². The number of carboxylic acid groups (broad SMARTS) is 2. The molecule has 0 fully saturated rings. The van der Waals surface area contributed by atoms with Crippen LogP contribution in [0.1, 0.15) is 6.42 Å². The van der Waals surface area contributed by atoms with Crippen LogP contribution in [0, 0.1) is 0 Å². The molecule has 0 bridgehead atoms. The number of aromatic nitrogens is 1. The molecular formula is C8H11N3O4S. The highest BCUT2D eigenvalue weighted by Crippen LogP contribution is 2.14. The molecular weight excluding hydrogens is 234 g/mol. The van der Waals surface area contributed by atoms with Crippen LogP contribution in [0.4, 0.5) is 10.6 Å². The minimum Gasteiger partial charge on any atom is -0.480 e. The van der Waals surface area contributed by atoms with Crippen molar-refractivity contribution in [2.24, 2.45) is 5.73 Å². The van der Waals surface area contributed by atoms with E-state index in [9.17, 15) is 9.59 Å². The summed E-state index contributed by atoms with van der Waals surface area (Å²) in [6.07, 6.45) is -1.14. The predicted octanol–water partition coefficient (Wildman–Crippen LogP) is 0.429. The fraction of sp³-hybridized carbons (Fsp3) is 0.375. The standard InChI is InChI=1S/C8H11N3O4S/c9-5(7(12)13)1-2-11(8(14)15)6-3-16-4-10-6/h3-5H,1-2,9H2,(H,12,13)(H,14,15). The normalized spacial score (nSPS) is 12.1. The highest BCUT2D eigenvalue weighted by atomic mass is 32.1. The van der Waals surface area contributed by atoms with Crippen LogP contribution in [-0.2, 0) is 4.79 Å². The van der Waals surface area contributed by atoms with Crippen molar-refractivity contribution in [3.8, 4) is 0 Å². The van der Waals surface area contributed by atoms with Crippen LogP contribution in [0.15, 0.2) is 10.9 Å². The summed E-state index contributed by atoms with van der Waals surface area (Å²) in [5, 5.41) is 19.0. The Balaban J connectivity index is 2.60. The van der Waals surface area contributed by atoms with Gasteiger partial charge in [-0.05, 0) is 6.42 Å². The molecule has 1 heterocycles. The molecule has 4 N–H and O–H groups in total. The molecule has 8 heteroatoms. The third-order valence-corrected chi connectivity index (χ3v) is 2.48. The van der Waals surface area contributed by atoms with Crippen LogP contribution in [0.25, 0.3) is 0 Å². The van der Waals surface area contributed by atoms with Crippen molar-refractivity contribution < 1.29 is 19.8 Å². The van der Waals surface area contributed by atoms with Gasteiger partial charge >= 0.3 is 12.1 Å². The molecule has 1 atom stereocenters. The Hall–Kier alpha value is -1.67. The minimum atomic E-state index is -1.18. The maximum Gasteiger partial charge on any atom is 0.413 e. The molecule has 1 aromatic heterocycles. The summed E-state index contributed by atoms with van der Waals surface area (Å²) in [7, 11) is 0. The van der Waals surface area contributed by atoms with Crippen LogP contribution in [0.5, 0.6) is 0 Å². The molecule has 88 valence electrons. The monoisotopic (exact) mass is 245 g/mol. The summed E-state index contributed by atoms with van der Waals surface area (Å²) in [4.78, 5) is 26.2. The Morgan fingerprint density at radius 2 is 2.25 bits per heavy atom. The van der Waals surface area contributed by atoms with Crippen LogP contribution in [-0.4, -0.2) is 39.8 Å². The van der Waals surface area contributed by atoms with Crippen molar-refractivity contribution in [3.05, 3.63) is 10.9 Å². The SMILES string of the molecule is NC(CCN(C(=O)O)c1cscn1)C(=O)O. The Bertz CT molecular complexity index is 367. The molecule has 0 aromatic carbocycles. The predicted molar refractivity (Wildman–Crippen MR) is 57.7 cm³/mol. The van der Waals surface area contributed by atoms with Gasteiger partial charge in [0.1, 0.15) is 11.9 Å². The maximum atomic E-state index is 10.9. The van der Waals surface area contributed by atoms with Crippen LogP contribution >= 0.6 is 11.3 Å². The van der Waals surface area contributed by atoms with E-state index >= 15 is 0 Å². The number of nitrogens with zero attached hydrogens (tertiary/aromatic N) is 2. The van der Waals surface area contributed by atoms with E-state index in [0.717, 1.165) is 4.90 Å². The Morgan fingerprint density at radius 1 is 1.56 bits per heavy atom. The van der Waals surface area contributed by atoms with Crippen molar-refractivity contribution in [3.63, 3.8) is 0 Å². The summed E-state index contributed by atoms with van der Waals surface area (Å²) >= 11 is 1.26. The Morgan fingerprint density at radius 3 is 2.69 bits per heavy atom. The lowest BCUT2D eigenvalue weighted by atomic mass is 10.2. The van der Waals surface area contributed by atoms with Crippen molar-refractivity contribution in [1.82, 2.24) is 4.98 Å². The molecule has 0 aliphatic heterocycles. The van der Waals surface area contributed by atoms with Gasteiger partial charge in [-0.2, -0.15) is 0 Å². The number of anilines is 1. The number of carboxylic acids is 1. The fourth-order valence-electron chi connectivity index (χ4n) is 1.04. The smallest absolute Gasteiger partial charge is 0.413 e. The molecule has 0 spiro atoms. The lowest BCUT2D eigenvalue weighted by molar-refractivity contribution is -0.138. The van der Waals surface area contributed by atoms with Crippen molar-refractivity contribution >= 4 is 29.2 Å². The first kappa shape index (κ1) is 12.4. The summed E-state index contributed by atoms with van der Waals surface area (Å²) in [6, 6.07) is -1.07. The second-order valence-electron chi connectivity index (χ2n) is 3.01. The maximum absolute atomic E-state index is 10.9. The topological polar surface area (TPSA) is 117 Å². The van der Waals surface area contributed by atoms with Gasteiger partial charge in [0.2, 0.25) is 0 Å². The number of aliphatic carboxylic acids is 1. The van der Waals surface area contributed by atoms with E-state index in [1.807, 2.05) is 0 Å². The number of nitrogens with two attached hydrogens (primary N) is 1. The fourth-order valence-corrected chi connectivity index (χ4v) is 1.58. The number of carbonyl (C=O) groups is 2. The lowest BCUT2D eigenvalue weighted by Gasteiger charge is -2.17. The number of hydrogen-bond acceptors (Lipinski definition) is 5. The first-order valence-corrected chi connectivity index (χ1v) is 5.33. The second kappa shape index (κ2) is 5.42. The van der Waals surface area contributed by atoms with Crippen LogP contribution in [0.3, 0.4) is 0 Å². The molecule has 1 aromatic rings. The summed E-state index contributed by atoms with van der Waals surface area (Å²) in [5.74, 6) is -0.862. The first-order chi connectivity index (χ1) is 7.52. The molecule has 0 aliphatic carbocycles. The van der Waals surface area contributed by atoms with Gasteiger partial charge in [-0.3, -0.25) is 9.69 Å². The molecule has 1 unspecified atom stereocenters. The van der Waals surface area contributed by atoms with Crippen LogP contribution in [0.2, 0.25) is 0 Å². The summed E-state index contributed by atoms with van der Waals surface area (Å²) in [6.45, 7) is 0.00648. The molecule has 0 saturated carbocycles. The molecule has 16 heavy (non-hydrogen) atoms. The zero-order valence-electron chi connectivity index (χ0n) is 8.24. The highest BCUT2D eigenvalue weighted by molar-refractivity contribution is 7.07. The lowest BCUT2D eigenvalue weighted by Crippen LogP contribution is -2.37. The van der Waals surface area contributed by atoms with Crippen molar-refractivity contribution in [1.29, 1.82) is 0 Å². The van der Waals surface area contributed by atoms with Gasteiger partial charge in [0, 0.05) is 11.9 Å². The zero-order valence-corrected chi connectivity index (χ0v) is 9.05. The molecule has 1 amide bonds. The number of amides is 1. The van der Waals surface area contributed by atoms with Gasteiger partial charge in [0.15, 0.2) is 0 Å². The van der Waals surface area contributed by atoms with Gasteiger partial charge in [-0.15, -0.1) is 11.3 Å². The minimum absolute atomic E-state index is 0.00648. The first-order valence-electron chi connectivity index (χ1n) is 4.39. The van der Waals surface area contributed by atoms with Gasteiger partial charge in [-0.1, -0.05) is 0 Å². The molecule has 0 saturated heterocycles. The van der Waals surface area contributed by atoms with E-state index in [2.05, 4.69) is 4.98 Å². The van der Waals surface area contributed by atoms with E-state index in [4.69, 9.17) is 15.9 Å². The average molecular weight is 245 g/mol. The quantitative estimate of drug-likeness (QED) is 0.692. The number of hydrogen-bond donors (Lipinski definition) is 3. The summed E-state index contributed by atoms with van der Waals surface area (Å²) in [5.41, 5.74) is 6.78. The van der Waals surface area contributed by atoms with Gasteiger partial charge in [0.05, 0.1) is 5.51 Å².